The number of aliphatic hydroxyl groups is 1. The molecule has 0 spiro atoms. The highest BCUT2D eigenvalue weighted by molar-refractivity contribution is 5.51. The van der Waals surface area contributed by atoms with E-state index in [0.717, 1.165) is 13.2 Å². The quantitative estimate of drug-likeness (QED) is 0.912. The molecule has 102 valence electrons. The number of rotatable bonds is 3. The molecule has 0 unspecified atom stereocenters. The van der Waals surface area contributed by atoms with Crippen molar-refractivity contribution in [3.8, 4) is 11.5 Å². The molecule has 0 saturated carbocycles. The summed E-state index contributed by atoms with van der Waals surface area (Å²) in [7, 11) is 2.38. The minimum Gasteiger partial charge on any atom is -0.493 e. The molecule has 0 aliphatic heterocycles. The van der Waals surface area contributed by atoms with E-state index in [1.165, 1.54) is 27.0 Å². The number of hydrogen-bond acceptors (Lipinski definition) is 3. The molecule has 0 aliphatic rings. The predicted octanol–water partition coefficient (Wildman–Crippen LogP) is 2.95. The first kappa shape index (κ1) is 14.6. The van der Waals surface area contributed by atoms with Crippen LogP contribution in [-0.4, -0.2) is 19.3 Å². The molecule has 1 aromatic rings. The van der Waals surface area contributed by atoms with Crippen molar-refractivity contribution in [1.82, 2.24) is 0 Å². The molecule has 0 aliphatic carbocycles. The van der Waals surface area contributed by atoms with Gasteiger partial charge in [0.1, 0.15) is 5.56 Å². The maximum absolute atomic E-state index is 12.9. The van der Waals surface area contributed by atoms with Crippen LogP contribution in [0, 0.1) is 0 Å². The van der Waals surface area contributed by atoms with Gasteiger partial charge in [0.05, 0.1) is 19.8 Å². The molecule has 0 atom stereocenters. The molecule has 3 nitrogen and oxygen atoms in total. The monoisotopic (exact) mass is 264 g/mol. The van der Waals surface area contributed by atoms with Gasteiger partial charge >= 0.3 is 6.18 Å². The first-order valence-electron chi connectivity index (χ1n) is 5.17. The summed E-state index contributed by atoms with van der Waals surface area (Å²) in [5.74, 6) is -0.456. The van der Waals surface area contributed by atoms with E-state index in [0.29, 0.717) is 0 Å². The maximum Gasteiger partial charge on any atom is 0.420 e. The smallest absolute Gasteiger partial charge is 0.420 e. The van der Waals surface area contributed by atoms with Crippen LogP contribution in [0.1, 0.15) is 25.0 Å². The van der Waals surface area contributed by atoms with Crippen molar-refractivity contribution >= 4 is 0 Å². The van der Waals surface area contributed by atoms with Crippen LogP contribution in [0.15, 0.2) is 12.1 Å². The van der Waals surface area contributed by atoms with Crippen LogP contribution in [-0.2, 0) is 11.8 Å². The van der Waals surface area contributed by atoms with Crippen LogP contribution < -0.4 is 9.47 Å². The zero-order valence-electron chi connectivity index (χ0n) is 10.6. The van der Waals surface area contributed by atoms with Gasteiger partial charge in [0.25, 0.3) is 0 Å². The van der Waals surface area contributed by atoms with Gasteiger partial charge in [-0.3, -0.25) is 0 Å². The average Bonchev–Trinajstić information content (AvgIpc) is 2.24. The second-order valence-electron chi connectivity index (χ2n) is 4.32. The molecule has 0 saturated heterocycles. The Balaban J connectivity index is 3.57. The first-order chi connectivity index (χ1) is 8.11. The van der Waals surface area contributed by atoms with Gasteiger partial charge in [-0.1, -0.05) is 0 Å². The fourth-order valence-corrected chi connectivity index (χ4v) is 1.53. The third-order valence-electron chi connectivity index (χ3n) is 2.49. The average molecular weight is 264 g/mol. The molecular weight excluding hydrogens is 249 g/mol. The maximum atomic E-state index is 12.9. The summed E-state index contributed by atoms with van der Waals surface area (Å²) in [6.45, 7) is 2.79. The molecule has 0 fully saturated rings. The Bertz CT molecular complexity index is 433. The summed E-state index contributed by atoms with van der Waals surface area (Å²) in [6, 6.07) is 2.19. The lowest BCUT2D eigenvalue weighted by atomic mass is 9.95. The molecule has 0 bridgehead atoms. The van der Waals surface area contributed by atoms with E-state index in [1.54, 1.807) is 0 Å². The van der Waals surface area contributed by atoms with E-state index in [4.69, 9.17) is 9.47 Å². The highest BCUT2D eigenvalue weighted by Gasteiger charge is 2.37. The second kappa shape index (κ2) is 4.68. The van der Waals surface area contributed by atoms with Crippen molar-refractivity contribution < 1.29 is 27.8 Å². The van der Waals surface area contributed by atoms with E-state index in [9.17, 15) is 18.3 Å². The Hall–Kier alpha value is -1.43. The van der Waals surface area contributed by atoms with Crippen molar-refractivity contribution in [3.63, 3.8) is 0 Å². The van der Waals surface area contributed by atoms with E-state index in [2.05, 4.69) is 0 Å². The van der Waals surface area contributed by atoms with Gasteiger partial charge in [0.15, 0.2) is 11.5 Å². The van der Waals surface area contributed by atoms with E-state index >= 15 is 0 Å². The van der Waals surface area contributed by atoms with Crippen LogP contribution >= 0.6 is 0 Å². The van der Waals surface area contributed by atoms with Crippen LogP contribution in [0.2, 0.25) is 0 Å². The van der Waals surface area contributed by atoms with Gasteiger partial charge in [-0.25, -0.2) is 0 Å². The molecule has 1 rings (SSSR count). The van der Waals surface area contributed by atoms with Gasteiger partial charge in [0, 0.05) is 0 Å². The lowest BCUT2D eigenvalue weighted by Gasteiger charge is -2.22. The van der Waals surface area contributed by atoms with Gasteiger partial charge < -0.3 is 14.6 Å². The Morgan fingerprint density at radius 2 is 1.61 bits per heavy atom. The van der Waals surface area contributed by atoms with E-state index < -0.39 is 23.1 Å². The lowest BCUT2D eigenvalue weighted by Crippen LogP contribution is -2.18. The van der Waals surface area contributed by atoms with Crippen LogP contribution in [0.5, 0.6) is 11.5 Å². The standard InChI is InChI=1S/C12H15F3O3/c1-11(2,16)7-5-8(12(13,14)15)10(18-4)9(6-7)17-3/h5-6,16H,1-4H3. The summed E-state index contributed by atoms with van der Waals surface area (Å²) in [5.41, 5.74) is -2.27. The normalized spacial score (nSPS) is 12.4. The van der Waals surface area contributed by atoms with Gasteiger partial charge in [-0.15, -0.1) is 0 Å². The number of ether oxygens (including phenoxy) is 2. The molecule has 0 radical (unpaired) electrons. The van der Waals surface area contributed by atoms with Crippen molar-refractivity contribution in [1.29, 1.82) is 0 Å². The summed E-state index contributed by atoms with van der Waals surface area (Å²) >= 11 is 0. The van der Waals surface area contributed by atoms with Crippen LogP contribution in [0.3, 0.4) is 0 Å². The number of alkyl halides is 3. The number of methoxy groups -OCH3 is 2. The summed E-state index contributed by atoms with van der Waals surface area (Å²) in [6.07, 6.45) is -4.58. The molecule has 0 heterocycles. The van der Waals surface area contributed by atoms with E-state index in [-0.39, 0.29) is 11.3 Å². The highest BCUT2D eigenvalue weighted by atomic mass is 19.4. The van der Waals surface area contributed by atoms with Crippen molar-refractivity contribution in [3.05, 3.63) is 23.3 Å². The first-order valence-corrected chi connectivity index (χ1v) is 5.17. The van der Waals surface area contributed by atoms with Gasteiger partial charge in [-0.05, 0) is 31.5 Å². The largest absolute Gasteiger partial charge is 0.493 e. The highest BCUT2D eigenvalue weighted by Crippen LogP contribution is 2.43. The molecule has 18 heavy (non-hydrogen) atoms. The lowest BCUT2D eigenvalue weighted by molar-refractivity contribution is -0.139. The van der Waals surface area contributed by atoms with Crippen molar-refractivity contribution in [2.45, 2.75) is 25.6 Å². The fraction of sp³-hybridized carbons (Fsp3) is 0.500. The number of halogens is 3. The molecule has 1 N–H and O–H groups in total. The Morgan fingerprint density at radius 1 is 1.06 bits per heavy atom. The zero-order valence-corrected chi connectivity index (χ0v) is 10.6. The fourth-order valence-electron chi connectivity index (χ4n) is 1.53. The zero-order chi connectivity index (χ0) is 14.1. The van der Waals surface area contributed by atoms with E-state index in [1.807, 2.05) is 0 Å². The predicted molar refractivity (Wildman–Crippen MR) is 59.8 cm³/mol. The number of hydrogen-bond donors (Lipinski definition) is 1. The molecule has 1 aromatic carbocycles. The Morgan fingerprint density at radius 3 is 1.94 bits per heavy atom. The van der Waals surface area contributed by atoms with Crippen LogP contribution in [0.4, 0.5) is 13.2 Å². The molecule has 0 aromatic heterocycles. The topological polar surface area (TPSA) is 38.7 Å². The molecule has 0 amide bonds. The molecule has 6 heteroatoms. The minimum atomic E-state index is -4.58. The third kappa shape index (κ3) is 2.87. The number of benzene rings is 1. The van der Waals surface area contributed by atoms with Gasteiger partial charge in [-0.2, -0.15) is 13.2 Å². The second-order valence-corrected chi connectivity index (χ2v) is 4.32. The van der Waals surface area contributed by atoms with Crippen molar-refractivity contribution in [2.75, 3.05) is 14.2 Å². The summed E-state index contributed by atoms with van der Waals surface area (Å²) < 4.78 is 48.3. The summed E-state index contributed by atoms with van der Waals surface area (Å²) in [5, 5.41) is 9.80. The summed E-state index contributed by atoms with van der Waals surface area (Å²) in [4.78, 5) is 0. The Kier molecular flexibility index (Phi) is 3.81. The van der Waals surface area contributed by atoms with Crippen LogP contribution in [0.25, 0.3) is 0 Å². The SMILES string of the molecule is COc1cc(C(C)(C)O)cc(C(F)(F)F)c1OC. The Labute approximate surface area is 103 Å². The van der Waals surface area contributed by atoms with Crippen molar-refractivity contribution in [2.24, 2.45) is 0 Å². The molecular formula is C12H15F3O3. The van der Waals surface area contributed by atoms with Gasteiger partial charge in [0.2, 0.25) is 0 Å². The third-order valence-corrected chi connectivity index (χ3v) is 2.49. The minimum absolute atomic E-state index is 0.0653.